The molecular weight excluding hydrogens is 305 g/mol. The van der Waals surface area contributed by atoms with Gasteiger partial charge in [-0.3, -0.25) is 4.79 Å². The minimum Gasteiger partial charge on any atom is -0.322 e. The van der Waals surface area contributed by atoms with Crippen molar-refractivity contribution in [2.75, 3.05) is 5.32 Å². The van der Waals surface area contributed by atoms with Gasteiger partial charge in [0.05, 0.1) is 5.56 Å². The molecule has 2 aromatic heterocycles. The Hall–Kier alpha value is -1.46. The van der Waals surface area contributed by atoms with Crippen LogP contribution in [0.4, 0.5) is 5.69 Å². The number of carbonyl (C=O) groups excluding carboxylic acids is 1. The van der Waals surface area contributed by atoms with Crippen LogP contribution in [0.15, 0.2) is 41.3 Å². The molecule has 17 heavy (non-hydrogen) atoms. The fourth-order valence-corrected chi connectivity index (χ4v) is 1.60. The Morgan fingerprint density at radius 1 is 1.29 bits per heavy atom. The van der Waals surface area contributed by atoms with Crippen molar-refractivity contribution in [3.8, 4) is 0 Å². The van der Waals surface area contributed by atoms with Crippen molar-refractivity contribution < 1.29 is 4.79 Å². The largest absolute Gasteiger partial charge is 0.322 e. The molecule has 1 N–H and O–H groups in total. The van der Waals surface area contributed by atoms with E-state index in [-0.39, 0.29) is 5.91 Å². The molecule has 0 unspecified atom stereocenters. The topological polar surface area (TPSA) is 54.9 Å². The first-order chi connectivity index (χ1) is 8.15. The Bertz CT molecular complexity index is 545. The SMILES string of the molecule is O=C(Nc1ccnc(Cl)c1)c1ccc(Br)nc1. The van der Waals surface area contributed by atoms with E-state index in [4.69, 9.17) is 11.6 Å². The molecule has 0 spiro atoms. The number of aromatic nitrogens is 2. The summed E-state index contributed by atoms with van der Waals surface area (Å²) in [4.78, 5) is 19.6. The second kappa shape index (κ2) is 5.25. The van der Waals surface area contributed by atoms with Crippen LogP contribution in [-0.2, 0) is 0 Å². The van der Waals surface area contributed by atoms with E-state index in [1.165, 1.54) is 12.4 Å². The quantitative estimate of drug-likeness (QED) is 0.867. The second-order valence-corrected chi connectivity index (χ2v) is 4.39. The van der Waals surface area contributed by atoms with E-state index in [1.54, 1.807) is 24.3 Å². The molecule has 0 saturated heterocycles. The smallest absolute Gasteiger partial charge is 0.257 e. The first-order valence-electron chi connectivity index (χ1n) is 4.69. The van der Waals surface area contributed by atoms with Crippen molar-refractivity contribution in [1.29, 1.82) is 0 Å². The number of pyridine rings is 2. The third kappa shape index (κ3) is 3.25. The van der Waals surface area contributed by atoms with Crippen LogP contribution in [0.25, 0.3) is 0 Å². The number of nitrogens with one attached hydrogen (secondary N) is 1. The van der Waals surface area contributed by atoms with Gasteiger partial charge >= 0.3 is 0 Å². The van der Waals surface area contributed by atoms with Crippen LogP contribution < -0.4 is 5.32 Å². The predicted octanol–water partition coefficient (Wildman–Crippen LogP) is 3.14. The first kappa shape index (κ1) is 12.0. The summed E-state index contributed by atoms with van der Waals surface area (Å²) in [6.07, 6.45) is 3.01. The van der Waals surface area contributed by atoms with Crippen molar-refractivity contribution in [1.82, 2.24) is 9.97 Å². The molecule has 4 nitrogen and oxygen atoms in total. The fourth-order valence-electron chi connectivity index (χ4n) is 1.19. The Kier molecular flexibility index (Phi) is 3.71. The monoisotopic (exact) mass is 311 g/mol. The Morgan fingerprint density at radius 3 is 2.76 bits per heavy atom. The van der Waals surface area contributed by atoms with Crippen LogP contribution in [0.3, 0.4) is 0 Å². The number of carbonyl (C=O) groups is 1. The van der Waals surface area contributed by atoms with Gasteiger partial charge in [0.1, 0.15) is 9.76 Å². The summed E-state index contributed by atoms with van der Waals surface area (Å²) < 4.78 is 0.681. The maximum atomic E-state index is 11.8. The third-order valence-electron chi connectivity index (χ3n) is 1.97. The Labute approximate surface area is 111 Å². The molecule has 0 aromatic carbocycles. The van der Waals surface area contributed by atoms with Crippen molar-refractivity contribution in [3.63, 3.8) is 0 Å². The zero-order valence-corrected chi connectivity index (χ0v) is 10.9. The minimum atomic E-state index is -0.243. The average Bonchev–Trinajstić information content (AvgIpc) is 2.29. The molecule has 0 fully saturated rings. The molecule has 2 aromatic rings. The summed E-state index contributed by atoms with van der Waals surface area (Å²) in [6.45, 7) is 0. The molecule has 6 heteroatoms. The van der Waals surface area contributed by atoms with E-state index >= 15 is 0 Å². The van der Waals surface area contributed by atoms with Crippen LogP contribution in [0.1, 0.15) is 10.4 Å². The highest BCUT2D eigenvalue weighted by molar-refractivity contribution is 9.10. The van der Waals surface area contributed by atoms with Gasteiger partial charge in [-0.15, -0.1) is 0 Å². The van der Waals surface area contributed by atoms with Crippen molar-refractivity contribution >= 4 is 39.1 Å². The number of halogens is 2. The lowest BCUT2D eigenvalue weighted by Crippen LogP contribution is -2.12. The maximum Gasteiger partial charge on any atom is 0.257 e. The van der Waals surface area contributed by atoms with Crippen molar-refractivity contribution in [3.05, 3.63) is 52.0 Å². The van der Waals surface area contributed by atoms with Crippen LogP contribution in [0, 0.1) is 0 Å². The number of rotatable bonds is 2. The highest BCUT2D eigenvalue weighted by Gasteiger charge is 2.06. The lowest BCUT2D eigenvalue weighted by Gasteiger charge is -2.04. The number of amides is 1. The lowest BCUT2D eigenvalue weighted by molar-refractivity contribution is 0.102. The predicted molar refractivity (Wildman–Crippen MR) is 69.1 cm³/mol. The zero-order chi connectivity index (χ0) is 12.3. The normalized spacial score (nSPS) is 10.0. The maximum absolute atomic E-state index is 11.8. The average molecular weight is 313 g/mol. The summed E-state index contributed by atoms with van der Waals surface area (Å²) in [6, 6.07) is 6.62. The molecular formula is C11H7BrClN3O. The summed E-state index contributed by atoms with van der Waals surface area (Å²) in [5.41, 5.74) is 1.07. The van der Waals surface area contributed by atoms with Crippen molar-refractivity contribution in [2.45, 2.75) is 0 Å². The van der Waals surface area contributed by atoms with E-state index in [2.05, 4.69) is 31.2 Å². The van der Waals surface area contributed by atoms with E-state index < -0.39 is 0 Å². The van der Waals surface area contributed by atoms with Gasteiger partial charge < -0.3 is 5.32 Å². The summed E-state index contributed by atoms with van der Waals surface area (Å²) in [5.74, 6) is -0.243. The molecule has 2 rings (SSSR count). The fraction of sp³-hybridized carbons (Fsp3) is 0. The van der Waals surface area contributed by atoms with Gasteiger partial charge in [-0.1, -0.05) is 11.6 Å². The summed E-state index contributed by atoms with van der Waals surface area (Å²) in [7, 11) is 0. The highest BCUT2D eigenvalue weighted by Crippen LogP contribution is 2.13. The van der Waals surface area contributed by atoms with E-state index in [0.29, 0.717) is 21.0 Å². The van der Waals surface area contributed by atoms with Gasteiger partial charge in [-0.05, 0) is 40.2 Å². The molecule has 1 amide bonds. The van der Waals surface area contributed by atoms with Gasteiger partial charge in [0, 0.05) is 18.1 Å². The number of hydrogen-bond acceptors (Lipinski definition) is 3. The molecule has 0 aliphatic heterocycles. The molecule has 86 valence electrons. The zero-order valence-electron chi connectivity index (χ0n) is 8.52. The molecule has 0 radical (unpaired) electrons. The van der Waals surface area contributed by atoms with E-state index in [1.807, 2.05) is 0 Å². The molecule has 2 heterocycles. The van der Waals surface area contributed by atoms with E-state index in [0.717, 1.165) is 0 Å². The summed E-state index contributed by atoms with van der Waals surface area (Å²) in [5, 5.41) is 3.03. The van der Waals surface area contributed by atoms with Crippen LogP contribution in [-0.4, -0.2) is 15.9 Å². The molecule has 0 saturated carbocycles. The van der Waals surface area contributed by atoms with Gasteiger partial charge in [-0.2, -0.15) is 0 Å². The van der Waals surface area contributed by atoms with Gasteiger partial charge in [0.2, 0.25) is 0 Å². The number of anilines is 1. The number of hydrogen-bond donors (Lipinski definition) is 1. The van der Waals surface area contributed by atoms with Crippen LogP contribution in [0.2, 0.25) is 5.15 Å². The van der Waals surface area contributed by atoms with Crippen LogP contribution in [0.5, 0.6) is 0 Å². The molecule has 0 bridgehead atoms. The lowest BCUT2D eigenvalue weighted by atomic mass is 10.2. The van der Waals surface area contributed by atoms with Crippen LogP contribution >= 0.6 is 27.5 Å². The van der Waals surface area contributed by atoms with Gasteiger partial charge in [0.25, 0.3) is 5.91 Å². The Balaban J connectivity index is 2.14. The number of nitrogens with zero attached hydrogens (tertiary/aromatic N) is 2. The minimum absolute atomic E-state index is 0.243. The highest BCUT2D eigenvalue weighted by atomic mass is 79.9. The molecule has 0 aliphatic carbocycles. The molecule has 0 atom stereocenters. The van der Waals surface area contributed by atoms with E-state index in [9.17, 15) is 4.79 Å². The molecule has 0 aliphatic rings. The van der Waals surface area contributed by atoms with Gasteiger partial charge in [0.15, 0.2) is 0 Å². The third-order valence-corrected chi connectivity index (χ3v) is 2.65. The first-order valence-corrected chi connectivity index (χ1v) is 5.87. The standard InChI is InChI=1S/C11H7BrClN3O/c12-9-2-1-7(6-15-9)11(17)16-8-3-4-14-10(13)5-8/h1-6H,(H,14,16,17). The Morgan fingerprint density at radius 2 is 2.12 bits per heavy atom. The van der Waals surface area contributed by atoms with Crippen molar-refractivity contribution in [2.24, 2.45) is 0 Å². The van der Waals surface area contributed by atoms with Gasteiger partial charge in [-0.25, -0.2) is 9.97 Å². The summed E-state index contributed by atoms with van der Waals surface area (Å²) >= 11 is 8.92. The second-order valence-electron chi connectivity index (χ2n) is 3.19.